The van der Waals surface area contributed by atoms with Crippen LogP contribution in [0.1, 0.15) is 34.5 Å². The molecule has 0 fully saturated rings. The molecule has 3 aromatic rings. The molecule has 0 bridgehead atoms. The maximum absolute atomic E-state index is 13.1. The number of ether oxygens (including phenoxy) is 1. The lowest BCUT2D eigenvalue weighted by Crippen LogP contribution is -2.29. The molecule has 1 aromatic heterocycles. The summed E-state index contributed by atoms with van der Waals surface area (Å²) in [5, 5.41) is 12.5. The van der Waals surface area contributed by atoms with E-state index in [1.54, 1.807) is 68.6 Å². The van der Waals surface area contributed by atoms with Gasteiger partial charge in [-0.2, -0.15) is 0 Å². The first-order chi connectivity index (χ1) is 13.4. The lowest BCUT2D eigenvalue weighted by Gasteiger charge is -2.14. The predicted octanol–water partition coefficient (Wildman–Crippen LogP) is 3.46. The number of nitrogens with one attached hydrogen (secondary N) is 1. The van der Waals surface area contributed by atoms with E-state index in [0.717, 1.165) is 0 Å². The third kappa shape index (κ3) is 3.82. The maximum atomic E-state index is 13.1. The van der Waals surface area contributed by atoms with Crippen molar-refractivity contribution in [1.29, 1.82) is 0 Å². The Bertz CT molecular complexity index is 1070. The molecule has 6 nitrogen and oxygen atoms in total. The molecule has 6 heteroatoms. The van der Waals surface area contributed by atoms with Crippen LogP contribution in [0.15, 0.2) is 65.6 Å². The van der Waals surface area contributed by atoms with Crippen molar-refractivity contribution in [2.24, 2.45) is 0 Å². The highest BCUT2D eigenvalue weighted by Gasteiger charge is 2.18. The summed E-state index contributed by atoms with van der Waals surface area (Å²) in [4.78, 5) is 25.9. The zero-order chi connectivity index (χ0) is 20.3. The number of pyridine rings is 1. The molecule has 0 saturated heterocycles. The number of hydrogen-bond acceptors (Lipinski definition) is 4. The largest absolute Gasteiger partial charge is 0.495 e. The molecule has 144 valence electrons. The third-order valence-electron chi connectivity index (χ3n) is 4.50. The van der Waals surface area contributed by atoms with Crippen LogP contribution < -0.4 is 15.6 Å². The Morgan fingerprint density at radius 1 is 1.14 bits per heavy atom. The number of para-hydroxylation sites is 2. The quantitative estimate of drug-likeness (QED) is 0.712. The summed E-state index contributed by atoms with van der Waals surface area (Å²) in [5.74, 6) is 0.0268. The second-order valence-electron chi connectivity index (χ2n) is 6.48. The van der Waals surface area contributed by atoms with Gasteiger partial charge in [-0.15, -0.1) is 0 Å². The molecular formula is C22H22N2O4. The Morgan fingerprint density at radius 3 is 2.61 bits per heavy atom. The highest BCUT2D eigenvalue weighted by molar-refractivity contribution is 6.05. The summed E-state index contributed by atoms with van der Waals surface area (Å²) < 4.78 is 6.73. The summed E-state index contributed by atoms with van der Waals surface area (Å²) in [6, 6.07) is 15.7. The minimum absolute atomic E-state index is 0.0517. The van der Waals surface area contributed by atoms with Gasteiger partial charge in [0.1, 0.15) is 11.3 Å². The highest BCUT2D eigenvalue weighted by Crippen LogP contribution is 2.22. The fourth-order valence-corrected chi connectivity index (χ4v) is 2.99. The summed E-state index contributed by atoms with van der Waals surface area (Å²) >= 11 is 0. The van der Waals surface area contributed by atoms with Crippen molar-refractivity contribution in [2.45, 2.75) is 20.0 Å². The minimum Gasteiger partial charge on any atom is -0.495 e. The van der Waals surface area contributed by atoms with Gasteiger partial charge >= 0.3 is 0 Å². The summed E-state index contributed by atoms with van der Waals surface area (Å²) in [5.41, 5.74) is 1.92. The smallest absolute Gasteiger partial charge is 0.268 e. The Labute approximate surface area is 163 Å². The molecule has 0 aliphatic carbocycles. The number of anilines is 1. The number of aryl methyl sites for hydroxylation is 1. The van der Waals surface area contributed by atoms with Crippen molar-refractivity contribution >= 4 is 11.6 Å². The summed E-state index contributed by atoms with van der Waals surface area (Å²) in [6.07, 6.45) is 0.971. The zero-order valence-corrected chi connectivity index (χ0v) is 16.0. The molecule has 0 aliphatic rings. The number of aromatic nitrogens is 1. The van der Waals surface area contributed by atoms with Gasteiger partial charge in [0.2, 0.25) is 0 Å². The number of rotatable bonds is 5. The monoisotopic (exact) mass is 378 g/mol. The van der Waals surface area contributed by atoms with Crippen molar-refractivity contribution in [3.63, 3.8) is 0 Å². The second-order valence-corrected chi connectivity index (χ2v) is 6.48. The molecule has 28 heavy (non-hydrogen) atoms. The molecule has 0 radical (unpaired) electrons. The molecule has 1 heterocycles. The van der Waals surface area contributed by atoms with Crippen molar-refractivity contribution < 1.29 is 14.6 Å². The van der Waals surface area contributed by atoms with E-state index in [-0.39, 0.29) is 5.56 Å². The molecule has 1 unspecified atom stereocenters. The third-order valence-corrected chi connectivity index (χ3v) is 4.50. The van der Waals surface area contributed by atoms with Crippen LogP contribution in [0.4, 0.5) is 5.69 Å². The van der Waals surface area contributed by atoms with Crippen LogP contribution in [0, 0.1) is 6.92 Å². The van der Waals surface area contributed by atoms with Crippen LogP contribution >= 0.6 is 0 Å². The van der Waals surface area contributed by atoms with Gasteiger partial charge in [-0.1, -0.05) is 24.3 Å². The number of carbonyl (C=O) groups is 1. The van der Waals surface area contributed by atoms with Gasteiger partial charge in [-0.05, 0) is 55.3 Å². The minimum atomic E-state index is -0.655. The number of benzene rings is 2. The number of hydrogen-bond donors (Lipinski definition) is 2. The van der Waals surface area contributed by atoms with Gasteiger partial charge in [0.15, 0.2) is 0 Å². The van der Waals surface area contributed by atoms with Crippen molar-refractivity contribution in [2.75, 3.05) is 12.4 Å². The molecule has 0 saturated carbocycles. The SMILES string of the molecule is COc1ccccc1-n1ccc(C)c(C(=O)Nc2cccc(C(C)O)c2)c1=O. The van der Waals surface area contributed by atoms with Crippen molar-refractivity contribution in [3.05, 3.63) is 87.8 Å². The van der Waals surface area contributed by atoms with Gasteiger partial charge in [0.25, 0.3) is 11.5 Å². The van der Waals surface area contributed by atoms with Crippen LogP contribution in [0.3, 0.4) is 0 Å². The number of nitrogens with zero attached hydrogens (tertiary/aromatic N) is 1. The Hall–Kier alpha value is -3.38. The zero-order valence-electron chi connectivity index (χ0n) is 16.0. The molecule has 0 spiro atoms. The molecule has 2 aromatic carbocycles. The predicted molar refractivity (Wildman–Crippen MR) is 108 cm³/mol. The average Bonchev–Trinajstić information content (AvgIpc) is 2.68. The fourth-order valence-electron chi connectivity index (χ4n) is 2.99. The first kappa shape index (κ1) is 19.4. The first-order valence-corrected chi connectivity index (χ1v) is 8.87. The lowest BCUT2D eigenvalue weighted by molar-refractivity contribution is 0.102. The maximum Gasteiger partial charge on any atom is 0.268 e. The van der Waals surface area contributed by atoms with Gasteiger partial charge in [-0.3, -0.25) is 14.2 Å². The summed E-state index contributed by atoms with van der Waals surface area (Å²) in [7, 11) is 1.53. The molecule has 1 amide bonds. The van der Waals surface area contributed by atoms with Gasteiger partial charge in [0.05, 0.1) is 18.9 Å². The highest BCUT2D eigenvalue weighted by atomic mass is 16.5. The standard InChI is InChI=1S/C22H22N2O4/c1-14-11-12-24(18-9-4-5-10-19(18)28-3)22(27)20(14)21(26)23-17-8-6-7-16(13-17)15(2)25/h4-13,15,25H,1-3H3,(H,23,26). The normalized spacial score (nSPS) is 11.7. The van der Waals surface area contributed by atoms with E-state index in [9.17, 15) is 14.7 Å². The Kier molecular flexibility index (Phi) is 5.61. The lowest BCUT2D eigenvalue weighted by atomic mass is 10.1. The van der Waals surface area contributed by atoms with Gasteiger partial charge in [-0.25, -0.2) is 0 Å². The number of aliphatic hydroxyl groups is 1. The average molecular weight is 378 g/mol. The van der Waals surface area contributed by atoms with Crippen LogP contribution in [-0.4, -0.2) is 22.7 Å². The number of methoxy groups -OCH3 is 1. The van der Waals surface area contributed by atoms with Crippen molar-refractivity contribution in [3.8, 4) is 11.4 Å². The topological polar surface area (TPSA) is 80.6 Å². The van der Waals surface area contributed by atoms with E-state index >= 15 is 0 Å². The number of carbonyl (C=O) groups excluding carboxylic acids is 1. The molecule has 3 rings (SSSR count). The van der Waals surface area contributed by atoms with E-state index < -0.39 is 17.6 Å². The number of aliphatic hydroxyl groups excluding tert-OH is 1. The van der Waals surface area contributed by atoms with E-state index in [1.807, 2.05) is 6.07 Å². The van der Waals surface area contributed by atoms with Crippen LogP contribution in [-0.2, 0) is 0 Å². The second kappa shape index (κ2) is 8.10. The molecular weight excluding hydrogens is 356 g/mol. The van der Waals surface area contributed by atoms with E-state index in [4.69, 9.17) is 4.74 Å². The Morgan fingerprint density at radius 2 is 1.89 bits per heavy atom. The van der Waals surface area contributed by atoms with Crippen LogP contribution in [0.5, 0.6) is 5.75 Å². The summed E-state index contributed by atoms with van der Waals surface area (Å²) in [6.45, 7) is 3.36. The van der Waals surface area contributed by atoms with E-state index in [1.165, 1.54) is 11.7 Å². The van der Waals surface area contributed by atoms with Gasteiger partial charge in [0, 0.05) is 11.9 Å². The van der Waals surface area contributed by atoms with Crippen LogP contribution in [0.2, 0.25) is 0 Å². The fraction of sp³-hybridized carbons (Fsp3) is 0.182. The molecule has 0 aliphatic heterocycles. The van der Waals surface area contributed by atoms with E-state index in [0.29, 0.717) is 28.3 Å². The van der Waals surface area contributed by atoms with Crippen molar-refractivity contribution in [1.82, 2.24) is 4.57 Å². The van der Waals surface area contributed by atoms with Gasteiger partial charge < -0.3 is 15.2 Å². The molecule has 1 atom stereocenters. The molecule has 2 N–H and O–H groups in total. The Balaban J connectivity index is 2.02. The number of amides is 1. The van der Waals surface area contributed by atoms with E-state index in [2.05, 4.69) is 5.32 Å². The first-order valence-electron chi connectivity index (χ1n) is 8.87. The van der Waals surface area contributed by atoms with Crippen LogP contribution in [0.25, 0.3) is 5.69 Å².